The SMILES string of the molecule is CC(CNc1snc(N)c1C(=O)NC1CC1)N1CCCC1. The van der Waals surface area contributed by atoms with Gasteiger partial charge < -0.3 is 16.4 Å². The van der Waals surface area contributed by atoms with Gasteiger partial charge in [-0.15, -0.1) is 0 Å². The van der Waals surface area contributed by atoms with Crippen molar-refractivity contribution in [3.63, 3.8) is 0 Å². The van der Waals surface area contributed by atoms with Crippen LogP contribution in [0.15, 0.2) is 0 Å². The molecule has 1 saturated carbocycles. The molecule has 6 nitrogen and oxygen atoms in total. The van der Waals surface area contributed by atoms with Gasteiger partial charge in [0.05, 0.1) is 0 Å². The summed E-state index contributed by atoms with van der Waals surface area (Å²) in [7, 11) is 0. The number of nitrogens with zero attached hydrogens (tertiary/aromatic N) is 2. The van der Waals surface area contributed by atoms with Gasteiger partial charge in [-0.2, -0.15) is 4.37 Å². The quantitative estimate of drug-likeness (QED) is 0.742. The van der Waals surface area contributed by atoms with Crippen LogP contribution in [0.25, 0.3) is 0 Å². The zero-order chi connectivity index (χ0) is 14.8. The van der Waals surface area contributed by atoms with E-state index in [4.69, 9.17) is 5.73 Å². The van der Waals surface area contributed by atoms with Crippen molar-refractivity contribution in [1.82, 2.24) is 14.6 Å². The Morgan fingerprint density at radius 1 is 1.48 bits per heavy atom. The molecule has 1 amide bonds. The third-order valence-corrected chi connectivity index (χ3v) is 5.00. The van der Waals surface area contributed by atoms with Crippen LogP contribution in [0.5, 0.6) is 0 Å². The van der Waals surface area contributed by atoms with E-state index < -0.39 is 0 Å². The third kappa shape index (κ3) is 3.47. The fourth-order valence-corrected chi connectivity index (χ4v) is 3.40. The first-order valence-corrected chi connectivity index (χ1v) is 8.46. The summed E-state index contributed by atoms with van der Waals surface area (Å²) in [6.45, 7) is 5.36. The van der Waals surface area contributed by atoms with Gasteiger partial charge in [-0.1, -0.05) is 0 Å². The highest BCUT2D eigenvalue weighted by Crippen LogP contribution is 2.28. The van der Waals surface area contributed by atoms with Crippen LogP contribution >= 0.6 is 11.5 Å². The van der Waals surface area contributed by atoms with Gasteiger partial charge in [0.1, 0.15) is 10.6 Å². The highest BCUT2D eigenvalue weighted by Gasteiger charge is 2.27. The van der Waals surface area contributed by atoms with Crippen LogP contribution in [0, 0.1) is 0 Å². The van der Waals surface area contributed by atoms with E-state index in [1.165, 1.54) is 37.5 Å². The fraction of sp³-hybridized carbons (Fsp3) is 0.714. The first-order chi connectivity index (χ1) is 10.1. The molecular formula is C14H23N5OS. The summed E-state index contributed by atoms with van der Waals surface area (Å²) in [6, 6.07) is 0.781. The molecule has 1 aromatic rings. The molecule has 1 atom stereocenters. The fourth-order valence-electron chi connectivity index (χ4n) is 2.68. The predicted octanol–water partition coefficient (Wildman–Crippen LogP) is 1.51. The summed E-state index contributed by atoms with van der Waals surface area (Å²) in [5, 5.41) is 7.12. The molecule has 0 radical (unpaired) electrons. The Kier molecular flexibility index (Phi) is 4.30. The number of anilines is 2. The number of carbonyl (C=O) groups is 1. The molecule has 2 aliphatic rings. The van der Waals surface area contributed by atoms with Gasteiger partial charge in [-0.3, -0.25) is 9.69 Å². The van der Waals surface area contributed by atoms with Crippen molar-refractivity contribution in [2.75, 3.05) is 30.7 Å². The van der Waals surface area contributed by atoms with Crippen LogP contribution in [0.3, 0.4) is 0 Å². The lowest BCUT2D eigenvalue weighted by molar-refractivity contribution is 0.0953. The molecule has 0 spiro atoms. The Bertz CT molecular complexity index is 507. The molecule has 3 rings (SSSR count). The molecule has 116 valence electrons. The number of nitrogens with one attached hydrogen (secondary N) is 2. The lowest BCUT2D eigenvalue weighted by Crippen LogP contribution is -2.35. The molecular weight excluding hydrogens is 286 g/mol. The lowest BCUT2D eigenvalue weighted by atomic mass is 10.2. The molecule has 21 heavy (non-hydrogen) atoms. The Labute approximate surface area is 129 Å². The molecule has 0 bridgehead atoms. The van der Waals surface area contributed by atoms with Crippen LogP contribution in [0.2, 0.25) is 0 Å². The summed E-state index contributed by atoms with van der Waals surface area (Å²) in [6.07, 6.45) is 4.70. The van der Waals surface area contributed by atoms with Gasteiger partial charge in [-0.25, -0.2) is 0 Å². The van der Waals surface area contributed by atoms with Gasteiger partial charge in [0.15, 0.2) is 5.82 Å². The molecule has 2 heterocycles. The minimum Gasteiger partial charge on any atom is -0.382 e. The number of amides is 1. The molecule has 2 fully saturated rings. The normalized spacial score (nSPS) is 20.4. The van der Waals surface area contributed by atoms with Gasteiger partial charge in [0, 0.05) is 18.6 Å². The van der Waals surface area contributed by atoms with Gasteiger partial charge in [-0.05, 0) is 57.2 Å². The zero-order valence-corrected chi connectivity index (χ0v) is 13.2. The number of carbonyl (C=O) groups excluding carboxylic acids is 1. The maximum Gasteiger partial charge on any atom is 0.258 e. The van der Waals surface area contributed by atoms with Crippen molar-refractivity contribution in [1.29, 1.82) is 0 Å². The number of likely N-dealkylation sites (tertiary alicyclic amines) is 1. The lowest BCUT2D eigenvalue weighted by Gasteiger charge is -2.24. The second kappa shape index (κ2) is 6.19. The smallest absolute Gasteiger partial charge is 0.258 e. The number of aromatic nitrogens is 1. The molecule has 0 aromatic carbocycles. The molecule has 1 aliphatic carbocycles. The largest absolute Gasteiger partial charge is 0.382 e. The Hall–Kier alpha value is -1.34. The van der Waals surface area contributed by atoms with E-state index in [0.717, 1.165) is 24.4 Å². The summed E-state index contributed by atoms with van der Waals surface area (Å²) in [5.74, 6) is 0.231. The average Bonchev–Trinajstić information content (AvgIpc) is 2.98. The molecule has 1 aromatic heterocycles. The van der Waals surface area contributed by atoms with Crippen LogP contribution in [0.4, 0.5) is 10.8 Å². The van der Waals surface area contributed by atoms with E-state index in [-0.39, 0.29) is 5.91 Å². The van der Waals surface area contributed by atoms with Crippen molar-refractivity contribution in [3.05, 3.63) is 5.56 Å². The number of nitrogen functional groups attached to an aromatic ring is 1. The van der Waals surface area contributed by atoms with Crippen molar-refractivity contribution in [2.45, 2.75) is 44.7 Å². The maximum absolute atomic E-state index is 12.2. The summed E-state index contributed by atoms with van der Waals surface area (Å²) < 4.78 is 4.12. The predicted molar refractivity (Wildman–Crippen MR) is 85.8 cm³/mol. The second-order valence-electron chi connectivity index (χ2n) is 5.99. The molecule has 1 saturated heterocycles. The Morgan fingerprint density at radius 2 is 2.19 bits per heavy atom. The number of nitrogens with two attached hydrogens (primary N) is 1. The highest BCUT2D eigenvalue weighted by molar-refractivity contribution is 7.11. The zero-order valence-electron chi connectivity index (χ0n) is 12.4. The van der Waals surface area contributed by atoms with E-state index >= 15 is 0 Å². The average molecular weight is 309 g/mol. The minimum atomic E-state index is -0.0972. The number of hydrogen-bond donors (Lipinski definition) is 3. The Morgan fingerprint density at radius 3 is 2.86 bits per heavy atom. The maximum atomic E-state index is 12.2. The minimum absolute atomic E-state index is 0.0972. The third-order valence-electron chi connectivity index (χ3n) is 4.18. The Balaban J connectivity index is 1.60. The second-order valence-corrected chi connectivity index (χ2v) is 6.77. The van der Waals surface area contributed by atoms with E-state index in [9.17, 15) is 4.79 Å². The molecule has 7 heteroatoms. The summed E-state index contributed by atoms with van der Waals surface area (Å²) in [5.41, 5.74) is 6.37. The van der Waals surface area contributed by atoms with Crippen molar-refractivity contribution >= 4 is 28.3 Å². The summed E-state index contributed by atoms with van der Waals surface area (Å²) in [4.78, 5) is 14.7. The first-order valence-electron chi connectivity index (χ1n) is 7.69. The highest BCUT2D eigenvalue weighted by atomic mass is 32.1. The van der Waals surface area contributed by atoms with Gasteiger partial charge in [0.2, 0.25) is 0 Å². The van der Waals surface area contributed by atoms with Crippen molar-refractivity contribution in [2.24, 2.45) is 0 Å². The van der Waals surface area contributed by atoms with E-state index in [1.807, 2.05) is 0 Å². The van der Waals surface area contributed by atoms with E-state index in [0.29, 0.717) is 23.5 Å². The first kappa shape index (κ1) is 14.6. The van der Waals surface area contributed by atoms with Gasteiger partial charge in [0.25, 0.3) is 5.91 Å². The topological polar surface area (TPSA) is 83.3 Å². The molecule has 4 N–H and O–H groups in total. The standard InChI is InChI=1S/C14H23N5OS/c1-9(19-6-2-3-7-19)8-16-14-11(12(15)18-21-14)13(20)17-10-4-5-10/h9-10,16H,2-8H2,1H3,(H2,15,18)(H,17,20). The monoisotopic (exact) mass is 309 g/mol. The number of hydrogen-bond acceptors (Lipinski definition) is 6. The van der Waals surface area contributed by atoms with Gasteiger partial charge >= 0.3 is 0 Å². The van der Waals surface area contributed by atoms with E-state index in [1.54, 1.807) is 0 Å². The number of rotatable bonds is 6. The van der Waals surface area contributed by atoms with Crippen LogP contribution < -0.4 is 16.4 Å². The van der Waals surface area contributed by atoms with E-state index in [2.05, 4.69) is 26.8 Å². The van der Waals surface area contributed by atoms with Crippen LogP contribution in [0.1, 0.15) is 43.0 Å². The molecule has 1 aliphatic heterocycles. The summed E-state index contributed by atoms with van der Waals surface area (Å²) >= 11 is 1.27. The van der Waals surface area contributed by atoms with Crippen LogP contribution in [-0.4, -0.2) is 46.9 Å². The van der Waals surface area contributed by atoms with Crippen molar-refractivity contribution < 1.29 is 4.79 Å². The molecule has 1 unspecified atom stereocenters. The van der Waals surface area contributed by atoms with Crippen molar-refractivity contribution in [3.8, 4) is 0 Å². The van der Waals surface area contributed by atoms with Crippen LogP contribution in [-0.2, 0) is 0 Å².